The molecule has 0 radical (unpaired) electrons. The Hall–Kier alpha value is -2.09. The molecule has 0 aliphatic carbocycles. The number of carboxylic acid groups (broad SMARTS) is 1. The van der Waals surface area contributed by atoms with E-state index >= 15 is 0 Å². The molecule has 2 heterocycles. The highest BCUT2D eigenvalue weighted by molar-refractivity contribution is 7.99. The van der Waals surface area contributed by atoms with Crippen LogP contribution >= 0.6 is 11.8 Å². The van der Waals surface area contributed by atoms with E-state index in [0.29, 0.717) is 10.2 Å². The van der Waals surface area contributed by atoms with Crippen LogP contribution in [0.25, 0.3) is 0 Å². The number of aromatic carboxylic acids is 1. The highest BCUT2D eigenvalue weighted by Crippen LogP contribution is 2.30. The van der Waals surface area contributed by atoms with Gasteiger partial charge in [0.1, 0.15) is 11.4 Å². The molecule has 2 aromatic heterocycles. The molecule has 0 fully saturated rings. The summed E-state index contributed by atoms with van der Waals surface area (Å²) in [5.41, 5.74) is 5.89. The number of hydrogen-bond acceptors (Lipinski definition) is 6. The number of nitrogens with zero attached hydrogens (tertiary/aromatic N) is 4. The van der Waals surface area contributed by atoms with Gasteiger partial charge in [0, 0.05) is 13.2 Å². The lowest BCUT2D eigenvalue weighted by Crippen LogP contribution is -2.05. The molecule has 0 amide bonds. The number of anilines is 1. The van der Waals surface area contributed by atoms with E-state index < -0.39 is 5.97 Å². The molecule has 2 rings (SSSR count). The van der Waals surface area contributed by atoms with Gasteiger partial charge in [-0.25, -0.2) is 9.78 Å². The zero-order chi connectivity index (χ0) is 12.4. The summed E-state index contributed by atoms with van der Waals surface area (Å²) in [7, 11) is 1.78. The number of aromatic nitrogens is 4. The predicted molar refractivity (Wildman–Crippen MR) is 60.7 cm³/mol. The second-order valence-corrected chi connectivity index (χ2v) is 4.16. The Kier molecular flexibility index (Phi) is 2.96. The largest absolute Gasteiger partial charge is 0.478 e. The van der Waals surface area contributed by atoms with Crippen molar-refractivity contribution in [1.82, 2.24) is 19.7 Å². The molecule has 0 aliphatic heterocycles. The van der Waals surface area contributed by atoms with Gasteiger partial charge in [-0.05, 0) is 17.8 Å². The van der Waals surface area contributed by atoms with Gasteiger partial charge < -0.3 is 15.4 Å². The number of aryl methyl sites for hydroxylation is 1. The molecule has 88 valence electrons. The fraction of sp³-hybridized carbons (Fsp3) is 0.111. The number of carboxylic acids is 1. The topological polar surface area (TPSA) is 107 Å². The van der Waals surface area contributed by atoms with E-state index in [4.69, 9.17) is 10.8 Å². The maximum Gasteiger partial charge on any atom is 0.337 e. The van der Waals surface area contributed by atoms with Crippen LogP contribution in [-0.4, -0.2) is 30.8 Å². The minimum Gasteiger partial charge on any atom is -0.478 e. The molecule has 7 nitrogen and oxygen atoms in total. The van der Waals surface area contributed by atoms with Crippen molar-refractivity contribution in [2.24, 2.45) is 7.05 Å². The number of carbonyl (C=O) groups is 1. The van der Waals surface area contributed by atoms with Gasteiger partial charge in [-0.3, -0.25) is 0 Å². The van der Waals surface area contributed by atoms with E-state index in [-0.39, 0.29) is 11.3 Å². The molecule has 0 atom stereocenters. The van der Waals surface area contributed by atoms with Gasteiger partial charge in [0.2, 0.25) is 0 Å². The lowest BCUT2D eigenvalue weighted by atomic mass is 10.2. The molecule has 8 heteroatoms. The predicted octanol–water partition coefficient (Wildman–Crippen LogP) is 0.642. The molecular formula is C9H9N5O2S. The third kappa shape index (κ3) is 2.21. The summed E-state index contributed by atoms with van der Waals surface area (Å²) in [6, 6.07) is 1.36. The van der Waals surface area contributed by atoms with Crippen LogP contribution in [0.5, 0.6) is 0 Å². The fourth-order valence-electron chi connectivity index (χ4n) is 1.17. The number of rotatable bonds is 3. The first kappa shape index (κ1) is 11.4. The lowest BCUT2D eigenvalue weighted by Gasteiger charge is -2.05. The van der Waals surface area contributed by atoms with Crippen LogP contribution in [0, 0.1) is 0 Å². The molecule has 17 heavy (non-hydrogen) atoms. The smallest absolute Gasteiger partial charge is 0.337 e. The molecular weight excluding hydrogens is 242 g/mol. The van der Waals surface area contributed by atoms with Crippen LogP contribution in [0.3, 0.4) is 0 Å². The number of nitrogens with two attached hydrogens (primary N) is 1. The summed E-state index contributed by atoms with van der Waals surface area (Å²) in [6.45, 7) is 0. The molecule has 0 bridgehead atoms. The van der Waals surface area contributed by atoms with E-state index in [1.807, 2.05) is 0 Å². The van der Waals surface area contributed by atoms with E-state index in [1.165, 1.54) is 24.0 Å². The highest BCUT2D eigenvalue weighted by atomic mass is 32.2. The van der Waals surface area contributed by atoms with Gasteiger partial charge in [-0.2, -0.15) is 0 Å². The number of pyridine rings is 1. The van der Waals surface area contributed by atoms with Crippen molar-refractivity contribution < 1.29 is 9.90 Å². The fourth-order valence-corrected chi connectivity index (χ4v) is 1.96. The van der Waals surface area contributed by atoms with Crippen molar-refractivity contribution in [3.63, 3.8) is 0 Å². The molecule has 0 saturated heterocycles. The summed E-state index contributed by atoms with van der Waals surface area (Å²) in [5, 5.41) is 17.5. The average Bonchev–Trinajstić information content (AvgIpc) is 2.67. The molecule has 0 aromatic carbocycles. The maximum absolute atomic E-state index is 10.9. The van der Waals surface area contributed by atoms with Gasteiger partial charge in [0.25, 0.3) is 0 Å². The Morgan fingerprint density at radius 1 is 1.59 bits per heavy atom. The van der Waals surface area contributed by atoms with Crippen LogP contribution in [-0.2, 0) is 7.05 Å². The third-order valence-corrected chi connectivity index (χ3v) is 3.11. The Balaban J connectivity index is 2.37. The number of hydrogen-bond donors (Lipinski definition) is 2. The first-order valence-corrected chi connectivity index (χ1v) is 5.41. The van der Waals surface area contributed by atoms with Crippen LogP contribution in [0.2, 0.25) is 0 Å². The molecule has 2 aromatic rings. The molecule has 0 saturated carbocycles. The van der Waals surface area contributed by atoms with E-state index in [0.717, 1.165) is 0 Å². The molecule has 3 N–H and O–H groups in total. The van der Waals surface area contributed by atoms with Crippen LogP contribution < -0.4 is 5.73 Å². The van der Waals surface area contributed by atoms with Crippen molar-refractivity contribution in [2.45, 2.75) is 10.2 Å². The van der Waals surface area contributed by atoms with Crippen LogP contribution in [0.15, 0.2) is 28.8 Å². The second kappa shape index (κ2) is 4.42. The lowest BCUT2D eigenvalue weighted by molar-refractivity contribution is 0.0697. The van der Waals surface area contributed by atoms with E-state index in [1.54, 1.807) is 17.9 Å². The molecule has 0 unspecified atom stereocenters. The number of nitrogen functional groups attached to an aromatic ring is 1. The quantitative estimate of drug-likeness (QED) is 0.824. The van der Waals surface area contributed by atoms with Crippen LogP contribution in [0.4, 0.5) is 5.69 Å². The van der Waals surface area contributed by atoms with E-state index in [2.05, 4.69) is 15.2 Å². The first-order chi connectivity index (χ1) is 8.09. The standard InChI is InChI=1S/C9H9N5O2S/c1-14-4-12-13-9(14)17-7-6(10)5(8(15)16)2-3-11-7/h2-4H,10H2,1H3,(H,15,16). The van der Waals surface area contributed by atoms with Crippen LogP contribution in [0.1, 0.15) is 10.4 Å². The van der Waals surface area contributed by atoms with Gasteiger partial charge in [-0.1, -0.05) is 0 Å². The zero-order valence-electron chi connectivity index (χ0n) is 8.86. The Bertz CT molecular complexity index is 568. The van der Waals surface area contributed by atoms with Crippen molar-refractivity contribution in [3.05, 3.63) is 24.2 Å². The molecule has 0 aliphatic rings. The third-order valence-electron chi connectivity index (χ3n) is 2.04. The van der Waals surface area contributed by atoms with Crippen molar-refractivity contribution >= 4 is 23.4 Å². The summed E-state index contributed by atoms with van der Waals surface area (Å²) < 4.78 is 1.69. The van der Waals surface area contributed by atoms with Gasteiger partial charge in [0.15, 0.2) is 5.16 Å². The van der Waals surface area contributed by atoms with Crippen molar-refractivity contribution in [1.29, 1.82) is 0 Å². The minimum absolute atomic E-state index is 0.0321. The SMILES string of the molecule is Cn1cnnc1Sc1nccc(C(=O)O)c1N. The summed E-state index contributed by atoms with van der Waals surface area (Å²) >= 11 is 1.17. The summed E-state index contributed by atoms with van der Waals surface area (Å²) in [6.07, 6.45) is 2.94. The average molecular weight is 251 g/mol. The van der Waals surface area contributed by atoms with Gasteiger partial charge >= 0.3 is 5.97 Å². The van der Waals surface area contributed by atoms with Gasteiger partial charge in [-0.15, -0.1) is 10.2 Å². The van der Waals surface area contributed by atoms with Crippen molar-refractivity contribution in [2.75, 3.05) is 5.73 Å². The minimum atomic E-state index is -1.08. The normalized spacial score (nSPS) is 10.4. The Labute approximate surface area is 101 Å². The zero-order valence-corrected chi connectivity index (χ0v) is 9.68. The maximum atomic E-state index is 10.9. The monoisotopic (exact) mass is 251 g/mol. The van der Waals surface area contributed by atoms with Crippen molar-refractivity contribution in [3.8, 4) is 0 Å². The summed E-state index contributed by atoms with van der Waals surface area (Å²) in [4.78, 5) is 14.9. The van der Waals surface area contributed by atoms with E-state index in [9.17, 15) is 4.79 Å². The summed E-state index contributed by atoms with van der Waals surface area (Å²) in [5.74, 6) is -1.08. The highest BCUT2D eigenvalue weighted by Gasteiger charge is 2.14. The second-order valence-electron chi connectivity index (χ2n) is 3.21. The Morgan fingerprint density at radius 2 is 2.35 bits per heavy atom. The Morgan fingerprint density at radius 3 is 2.94 bits per heavy atom. The van der Waals surface area contributed by atoms with Gasteiger partial charge in [0.05, 0.1) is 11.3 Å². The first-order valence-electron chi connectivity index (χ1n) is 4.59. The molecule has 0 spiro atoms.